The van der Waals surface area contributed by atoms with Gasteiger partial charge >= 0.3 is 0 Å². The van der Waals surface area contributed by atoms with Crippen LogP contribution in [0.1, 0.15) is 0 Å². The lowest BCUT2D eigenvalue weighted by Crippen LogP contribution is -2.64. The Bertz CT molecular complexity index is 614. The Hall–Kier alpha value is -1.42. The van der Waals surface area contributed by atoms with Gasteiger partial charge in [0.25, 0.3) is 0 Å². The summed E-state index contributed by atoms with van der Waals surface area (Å²) in [6.45, 7) is -1.35. The van der Waals surface area contributed by atoms with Gasteiger partial charge in [-0.2, -0.15) is 0 Å². The van der Waals surface area contributed by atoms with Crippen LogP contribution in [0.15, 0.2) is 30.3 Å². The Morgan fingerprint density at radius 2 is 1.30 bits per heavy atom. The van der Waals surface area contributed by atoms with Crippen molar-refractivity contribution in [1.29, 1.82) is 0 Å². The summed E-state index contributed by atoms with van der Waals surface area (Å²) in [5.74, 6) is 0.322. The lowest BCUT2D eigenvalue weighted by Gasteiger charge is -2.45. The van der Waals surface area contributed by atoms with Gasteiger partial charge in [0.2, 0.25) is 0 Å². The molecule has 1 unspecified atom stereocenters. The SMILES string of the molecule is OC[C@H]1O[C@@H](O[C@H]2[C@H](O)[C@@H](O)C(O)O[C@@H]2CO)[C@H](O)[C@@H](O)[C@H]1O.Oc1ccccc1. The van der Waals surface area contributed by atoms with Gasteiger partial charge in [-0.05, 0) is 12.1 Å². The van der Waals surface area contributed by atoms with Crippen molar-refractivity contribution in [3.8, 4) is 5.75 Å². The van der Waals surface area contributed by atoms with Gasteiger partial charge in [-0.1, -0.05) is 18.2 Å². The average Bonchev–Trinajstić information content (AvgIpc) is 2.74. The molecule has 0 spiro atoms. The van der Waals surface area contributed by atoms with Crippen LogP contribution in [0.25, 0.3) is 0 Å². The first-order chi connectivity index (χ1) is 14.2. The van der Waals surface area contributed by atoms with Crippen molar-refractivity contribution in [1.82, 2.24) is 0 Å². The molecule has 30 heavy (non-hydrogen) atoms. The highest BCUT2D eigenvalue weighted by atomic mass is 16.7. The minimum atomic E-state index is -1.74. The van der Waals surface area contributed by atoms with E-state index in [2.05, 4.69) is 0 Å². The molecule has 0 amide bonds. The first-order valence-corrected chi connectivity index (χ1v) is 9.21. The summed E-state index contributed by atoms with van der Waals surface area (Å²) < 4.78 is 15.3. The number of phenols is 1. The number of hydrogen-bond acceptors (Lipinski definition) is 12. The van der Waals surface area contributed by atoms with E-state index in [0.717, 1.165) is 0 Å². The lowest BCUT2D eigenvalue weighted by molar-refractivity contribution is -0.355. The van der Waals surface area contributed by atoms with E-state index in [1.54, 1.807) is 24.3 Å². The van der Waals surface area contributed by atoms with Crippen molar-refractivity contribution >= 4 is 0 Å². The second-order valence-electron chi connectivity index (χ2n) is 6.86. The Labute approximate surface area is 171 Å². The van der Waals surface area contributed by atoms with Crippen LogP contribution in [0.4, 0.5) is 0 Å². The number of aliphatic hydroxyl groups is 8. The number of ether oxygens (including phenoxy) is 3. The number of hydrogen-bond donors (Lipinski definition) is 9. The van der Waals surface area contributed by atoms with Gasteiger partial charge in [-0.15, -0.1) is 0 Å². The van der Waals surface area contributed by atoms with Crippen LogP contribution in [0.2, 0.25) is 0 Å². The zero-order valence-corrected chi connectivity index (χ0v) is 15.8. The standard InChI is InChI=1S/C12H22O11.C6H6O/c13-1-3-5(15)6(16)9(19)12(22-3)23-10-4(2-14)21-11(20)8(18)7(10)17;7-6-4-2-1-3-5-6/h3-20H,1-2H2;1-5,7H/t3-,4-,5+,6+,7-,8-,9-,10-,11?,12+;/m1./s1. The van der Waals surface area contributed by atoms with Crippen molar-refractivity contribution in [2.24, 2.45) is 0 Å². The largest absolute Gasteiger partial charge is 0.508 e. The van der Waals surface area contributed by atoms with Crippen LogP contribution in [0.3, 0.4) is 0 Å². The molecule has 10 atom stereocenters. The summed E-state index contributed by atoms with van der Waals surface area (Å²) in [6, 6.07) is 8.71. The molecule has 0 aromatic heterocycles. The highest BCUT2D eigenvalue weighted by molar-refractivity contribution is 5.18. The molecule has 0 radical (unpaired) electrons. The van der Waals surface area contributed by atoms with E-state index < -0.39 is 74.6 Å². The Kier molecular flexibility index (Phi) is 9.33. The highest BCUT2D eigenvalue weighted by Crippen LogP contribution is 2.28. The minimum Gasteiger partial charge on any atom is -0.508 e. The van der Waals surface area contributed by atoms with Gasteiger partial charge in [-0.25, -0.2) is 0 Å². The molecule has 1 aromatic carbocycles. The average molecular weight is 436 g/mol. The van der Waals surface area contributed by atoms with Crippen LogP contribution >= 0.6 is 0 Å². The van der Waals surface area contributed by atoms with E-state index in [4.69, 9.17) is 24.4 Å². The lowest BCUT2D eigenvalue weighted by atomic mass is 9.97. The molecular weight excluding hydrogens is 408 g/mol. The van der Waals surface area contributed by atoms with Gasteiger partial charge < -0.3 is 60.2 Å². The maximum atomic E-state index is 9.94. The monoisotopic (exact) mass is 436 g/mol. The third-order valence-corrected chi connectivity index (χ3v) is 4.74. The fourth-order valence-electron chi connectivity index (χ4n) is 3.00. The van der Waals surface area contributed by atoms with Gasteiger partial charge in [0.15, 0.2) is 12.6 Å². The maximum absolute atomic E-state index is 9.94. The van der Waals surface area contributed by atoms with Crippen LogP contribution in [-0.4, -0.2) is 121 Å². The molecule has 2 aliphatic rings. The van der Waals surface area contributed by atoms with Crippen LogP contribution < -0.4 is 0 Å². The Morgan fingerprint density at radius 1 is 0.700 bits per heavy atom. The van der Waals surface area contributed by atoms with Crippen LogP contribution in [0.5, 0.6) is 5.75 Å². The molecule has 1 aromatic rings. The topological polar surface area (TPSA) is 210 Å². The second kappa shape index (κ2) is 11.3. The van der Waals surface area contributed by atoms with Crippen molar-refractivity contribution in [3.05, 3.63) is 30.3 Å². The van der Waals surface area contributed by atoms with E-state index in [0.29, 0.717) is 5.75 Å². The molecule has 12 nitrogen and oxygen atoms in total. The van der Waals surface area contributed by atoms with Gasteiger partial charge in [-0.3, -0.25) is 0 Å². The number of aromatic hydroxyl groups is 1. The molecular formula is C18H28O12. The summed E-state index contributed by atoms with van der Waals surface area (Å²) in [5.41, 5.74) is 0. The smallest absolute Gasteiger partial charge is 0.187 e. The zero-order valence-electron chi connectivity index (χ0n) is 15.8. The van der Waals surface area contributed by atoms with Gasteiger partial charge in [0.05, 0.1) is 13.2 Å². The third-order valence-electron chi connectivity index (χ3n) is 4.74. The molecule has 2 saturated heterocycles. The number of phenolic OH excluding ortho intramolecular Hbond substituents is 1. The number of rotatable bonds is 4. The normalized spacial score (nSPS) is 41.6. The number of aliphatic hydroxyl groups excluding tert-OH is 8. The summed E-state index contributed by atoms with van der Waals surface area (Å²) in [5, 5.41) is 85.1. The zero-order chi connectivity index (χ0) is 22.4. The van der Waals surface area contributed by atoms with Crippen molar-refractivity contribution in [2.45, 2.75) is 61.4 Å². The Balaban J connectivity index is 0.000000386. The van der Waals surface area contributed by atoms with E-state index in [1.165, 1.54) is 0 Å². The quantitative estimate of drug-likeness (QED) is 0.221. The maximum Gasteiger partial charge on any atom is 0.187 e. The van der Waals surface area contributed by atoms with Crippen LogP contribution in [-0.2, 0) is 14.2 Å². The first-order valence-electron chi connectivity index (χ1n) is 9.21. The molecule has 2 fully saturated rings. The first kappa shape index (κ1) is 24.8. The summed E-state index contributed by atoms with van der Waals surface area (Å²) in [4.78, 5) is 0. The predicted molar refractivity (Wildman–Crippen MR) is 96.7 cm³/mol. The number of para-hydroxylation sites is 1. The van der Waals surface area contributed by atoms with E-state index in [9.17, 15) is 35.7 Å². The van der Waals surface area contributed by atoms with Crippen molar-refractivity contribution in [2.75, 3.05) is 13.2 Å². The molecule has 0 bridgehead atoms. The molecule has 0 saturated carbocycles. The molecule has 2 aliphatic heterocycles. The van der Waals surface area contributed by atoms with E-state index in [1.807, 2.05) is 6.07 Å². The van der Waals surface area contributed by atoms with Crippen LogP contribution in [0, 0.1) is 0 Å². The minimum absolute atomic E-state index is 0.322. The number of benzene rings is 1. The van der Waals surface area contributed by atoms with Crippen molar-refractivity contribution < 1.29 is 60.2 Å². The summed E-state index contributed by atoms with van der Waals surface area (Å²) >= 11 is 0. The fourth-order valence-corrected chi connectivity index (χ4v) is 3.00. The summed E-state index contributed by atoms with van der Waals surface area (Å²) in [7, 11) is 0. The van der Waals surface area contributed by atoms with Gasteiger partial charge in [0, 0.05) is 0 Å². The van der Waals surface area contributed by atoms with E-state index in [-0.39, 0.29) is 0 Å². The molecule has 2 heterocycles. The molecule has 172 valence electrons. The summed E-state index contributed by atoms with van der Waals surface area (Å²) in [6.07, 6.45) is -15.6. The predicted octanol–water partition coefficient (Wildman–Crippen LogP) is -4.00. The molecule has 12 heteroatoms. The van der Waals surface area contributed by atoms with Crippen molar-refractivity contribution in [3.63, 3.8) is 0 Å². The molecule has 3 rings (SSSR count). The molecule has 0 aliphatic carbocycles. The van der Waals surface area contributed by atoms with E-state index >= 15 is 0 Å². The Morgan fingerprint density at radius 3 is 1.80 bits per heavy atom. The third kappa shape index (κ3) is 5.84. The highest BCUT2D eigenvalue weighted by Gasteiger charge is 2.50. The fraction of sp³-hybridized carbons (Fsp3) is 0.667. The van der Waals surface area contributed by atoms with Gasteiger partial charge in [0.1, 0.15) is 54.6 Å². The molecule has 9 N–H and O–H groups in total. The second-order valence-corrected chi connectivity index (χ2v) is 6.86.